The lowest BCUT2D eigenvalue weighted by Crippen LogP contribution is -2.20. The third-order valence-corrected chi connectivity index (χ3v) is 16.3. The molecule has 11 aromatic carbocycles. The highest BCUT2D eigenvalue weighted by Crippen LogP contribution is 2.58. The van der Waals surface area contributed by atoms with Crippen LogP contribution in [0.3, 0.4) is 0 Å². The van der Waals surface area contributed by atoms with E-state index in [4.69, 9.17) is 0 Å². The Kier molecular flexibility index (Phi) is 12.0. The zero-order chi connectivity index (χ0) is 51.3. The molecule has 0 atom stereocenters. The van der Waals surface area contributed by atoms with Crippen molar-refractivity contribution >= 4 is 44.9 Å². The molecule has 0 N–H and O–H groups in total. The maximum Gasteiger partial charge on any atom is 0.0564 e. The molecule has 0 radical (unpaired) electrons. The second kappa shape index (κ2) is 19.0. The Bertz CT molecular complexity index is 3780. The second-order valence-electron chi connectivity index (χ2n) is 21.8. The molecular formula is C73H62N2. The van der Waals surface area contributed by atoms with Crippen LogP contribution in [0.1, 0.15) is 74.9 Å². The van der Waals surface area contributed by atoms with Gasteiger partial charge in [-0.2, -0.15) is 0 Å². The molecule has 0 heterocycles. The van der Waals surface area contributed by atoms with E-state index in [0.29, 0.717) is 0 Å². The van der Waals surface area contributed by atoms with Crippen molar-refractivity contribution in [2.75, 3.05) is 9.80 Å². The van der Waals surface area contributed by atoms with Crippen LogP contribution in [-0.2, 0) is 16.2 Å². The van der Waals surface area contributed by atoms with Crippen molar-refractivity contribution in [3.05, 3.63) is 300 Å². The minimum Gasteiger partial charge on any atom is -0.310 e. The molecule has 0 saturated heterocycles. The Morgan fingerprint density at radius 3 is 1.13 bits per heavy atom. The summed E-state index contributed by atoms with van der Waals surface area (Å²) in [6, 6.07) is 98.6. The van der Waals surface area contributed by atoms with Crippen molar-refractivity contribution in [2.45, 2.75) is 57.8 Å². The maximum atomic E-state index is 2.52. The van der Waals surface area contributed by atoms with Gasteiger partial charge in [-0.15, -0.1) is 0 Å². The van der Waals surface area contributed by atoms with Gasteiger partial charge in [0.15, 0.2) is 0 Å². The zero-order valence-electron chi connectivity index (χ0n) is 43.8. The van der Waals surface area contributed by atoms with E-state index in [2.05, 4.69) is 318 Å². The number of anilines is 6. The molecule has 1 aliphatic rings. The average Bonchev–Trinajstić information content (AvgIpc) is 3.72. The lowest BCUT2D eigenvalue weighted by Gasteiger charge is -2.34. The van der Waals surface area contributed by atoms with Crippen LogP contribution in [0.2, 0.25) is 0 Å². The number of rotatable bonds is 12. The summed E-state index contributed by atoms with van der Waals surface area (Å²) in [5, 5.41) is 2.50. The van der Waals surface area contributed by atoms with E-state index in [9.17, 15) is 0 Å². The van der Waals surface area contributed by atoms with Gasteiger partial charge in [0, 0.05) is 50.2 Å². The van der Waals surface area contributed by atoms with E-state index < -0.39 is 0 Å². The van der Waals surface area contributed by atoms with Crippen molar-refractivity contribution in [1.82, 2.24) is 0 Å². The van der Waals surface area contributed by atoms with Crippen LogP contribution in [0.15, 0.2) is 267 Å². The molecule has 0 bridgehead atoms. The van der Waals surface area contributed by atoms with Gasteiger partial charge in [-0.1, -0.05) is 248 Å². The smallest absolute Gasteiger partial charge is 0.0564 e. The first-order valence-electron chi connectivity index (χ1n) is 26.4. The van der Waals surface area contributed by atoms with Crippen molar-refractivity contribution in [3.63, 3.8) is 0 Å². The second-order valence-corrected chi connectivity index (χ2v) is 21.8. The molecule has 12 rings (SSSR count). The van der Waals surface area contributed by atoms with Crippen LogP contribution in [0, 0.1) is 0 Å². The highest BCUT2D eigenvalue weighted by atomic mass is 15.2. The third kappa shape index (κ3) is 8.51. The van der Waals surface area contributed by atoms with E-state index in [1.165, 1.54) is 77.5 Å². The van der Waals surface area contributed by atoms with E-state index in [1.54, 1.807) is 0 Å². The Morgan fingerprint density at radius 1 is 0.293 bits per heavy atom. The average molecular weight is 967 g/mol. The molecular weight excluding hydrogens is 905 g/mol. The summed E-state index contributed by atoms with van der Waals surface area (Å²) < 4.78 is 0. The van der Waals surface area contributed by atoms with Gasteiger partial charge < -0.3 is 9.80 Å². The molecule has 0 aromatic heterocycles. The van der Waals surface area contributed by atoms with E-state index in [-0.39, 0.29) is 16.2 Å². The number of hydrogen-bond donors (Lipinski definition) is 0. The SMILES string of the molecule is CC(C)(c1ccccc1)c1ccc(N(c2ccc(-c3ccccc3)cc2)c2cc(N(c3ccc(-c4ccccc4)cc3)c3ccc(C(C)(C)c4ccccc4)cc3)c3c(c2)C(C)(C)c2ccc4ccccc4c2-3)cc1. The lowest BCUT2D eigenvalue weighted by molar-refractivity contribution is 0.641. The molecule has 0 amide bonds. The van der Waals surface area contributed by atoms with Crippen LogP contribution in [-0.4, -0.2) is 0 Å². The molecule has 364 valence electrons. The fraction of sp³-hybridized carbons (Fsp3) is 0.123. The molecule has 1 aliphatic carbocycles. The fourth-order valence-electron chi connectivity index (χ4n) is 11.7. The van der Waals surface area contributed by atoms with Gasteiger partial charge in [0.2, 0.25) is 0 Å². The first-order chi connectivity index (χ1) is 36.5. The fourth-order valence-corrected chi connectivity index (χ4v) is 11.7. The van der Waals surface area contributed by atoms with Crippen molar-refractivity contribution in [2.24, 2.45) is 0 Å². The quantitative estimate of drug-likeness (QED) is 0.120. The van der Waals surface area contributed by atoms with Crippen LogP contribution >= 0.6 is 0 Å². The van der Waals surface area contributed by atoms with Crippen LogP contribution in [0.4, 0.5) is 34.1 Å². The van der Waals surface area contributed by atoms with Crippen molar-refractivity contribution < 1.29 is 0 Å². The van der Waals surface area contributed by atoms with Gasteiger partial charge in [-0.05, 0) is 133 Å². The molecule has 75 heavy (non-hydrogen) atoms. The Labute approximate surface area is 443 Å². The predicted molar refractivity (Wildman–Crippen MR) is 319 cm³/mol. The molecule has 2 heteroatoms. The van der Waals surface area contributed by atoms with Gasteiger partial charge in [-0.3, -0.25) is 0 Å². The maximum absolute atomic E-state index is 2.52. The van der Waals surface area contributed by atoms with E-state index in [0.717, 1.165) is 34.1 Å². The number of hydrogen-bond acceptors (Lipinski definition) is 2. The highest BCUT2D eigenvalue weighted by molar-refractivity contribution is 6.08. The Morgan fingerprint density at radius 2 is 0.667 bits per heavy atom. The van der Waals surface area contributed by atoms with Crippen LogP contribution in [0.5, 0.6) is 0 Å². The van der Waals surface area contributed by atoms with E-state index in [1.807, 2.05) is 0 Å². The summed E-state index contributed by atoms with van der Waals surface area (Å²) in [7, 11) is 0. The molecule has 0 aliphatic heterocycles. The summed E-state index contributed by atoms with van der Waals surface area (Å²) in [6.45, 7) is 14.1. The molecule has 11 aromatic rings. The Hall–Kier alpha value is -8.72. The summed E-state index contributed by atoms with van der Waals surface area (Å²) >= 11 is 0. The monoisotopic (exact) mass is 966 g/mol. The largest absolute Gasteiger partial charge is 0.310 e. The van der Waals surface area contributed by atoms with Crippen molar-refractivity contribution in [1.29, 1.82) is 0 Å². The van der Waals surface area contributed by atoms with Crippen LogP contribution < -0.4 is 9.80 Å². The summed E-state index contributed by atoms with van der Waals surface area (Å²) in [6.07, 6.45) is 0. The summed E-state index contributed by atoms with van der Waals surface area (Å²) in [5.74, 6) is 0. The number of fused-ring (bicyclic) bond motifs is 5. The normalized spacial score (nSPS) is 12.8. The molecule has 0 unspecified atom stereocenters. The summed E-state index contributed by atoms with van der Waals surface area (Å²) in [5.41, 5.74) is 20.9. The van der Waals surface area contributed by atoms with Gasteiger partial charge in [-0.25, -0.2) is 0 Å². The minimum absolute atomic E-state index is 0.191. The lowest BCUT2D eigenvalue weighted by atomic mass is 9.78. The molecule has 0 saturated carbocycles. The third-order valence-electron chi connectivity index (χ3n) is 16.3. The van der Waals surface area contributed by atoms with Gasteiger partial charge >= 0.3 is 0 Å². The number of benzene rings is 11. The first-order valence-corrected chi connectivity index (χ1v) is 26.4. The Balaban J connectivity index is 1.11. The highest BCUT2D eigenvalue weighted by Gasteiger charge is 2.40. The number of nitrogens with zero attached hydrogens (tertiary/aromatic N) is 2. The van der Waals surface area contributed by atoms with Crippen molar-refractivity contribution in [3.8, 4) is 33.4 Å². The topological polar surface area (TPSA) is 6.48 Å². The van der Waals surface area contributed by atoms with E-state index >= 15 is 0 Å². The van der Waals surface area contributed by atoms with Gasteiger partial charge in [0.1, 0.15) is 0 Å². The zero-order valence-corrected chi connectivity index (χ0v) is 43.8. The first kappa shape index (κ1) is 47.3. The predicted octanol–water partition coefficient (Wildman–Crippen LogP) is 20.1. The van der Waals surface area contributed by atoms with Crippen LogP contribution in [0.25, 0.3) is 44.2 Å². The standard InChI is InChI=1S/C73H62N2/c1-71(2,56-26-15-9-16-27-56)58-36-44-61(45-37-58)74(60-40-31-53(32-41-60)51-21-11-7-12-22-51)64-49-67-70(69-65-30-20-19-25-55(65)35-48-66(69)73(67,5)6)68(50-64)75(62-42-33-54(34-43-62)52-23-13-8-14-24-52)63-46-38-59(39-47-63)72(3,4)57-28-17-10-18-29-57/h7-50H,1-6H3. The molecule has 2 nitrogen and oxygen atoms in total. The summed E-state index contributed by atoms with van der Waals surface area (Å²) in [4.78, 5) is 4.99. The van der Waals surface area contributed by atoms with Gasteiger partial charge in [0.25, 0.3) is 0 Å². The molecule has 0 spiro atoms. The minimum atomic E-state index is -0.335. The molecule has 0 fully saturated rings. The van der Waals surface area contributed by atoms with Gasteiger partial charge in [0.05, 0.1) is 5.69 Å².